The normalized spacial score (nSPS) is 23.6. The predicted octanol–water partition coefficient (Wildman–Crippen LogP) is 5.33. The van der Waals surface area contributed by atoms with Gasteiger partial charge in [-0.15, -0.1) is 0 Å². The summed E-state index contributed by atoms with van der Waals surface area (Å²) in [5.41, 5.74) is 6.24. The summed E-state index contributed by atoms with van der Waals surface area (Å²) in [5.74, 6) is 1.16. The molecule has 0 radical (unpaired) electrons. The highest BCUT2D eigenvalue weighted by Gasteiger charge is 2.46. The van der Waals surface area contributed by atoms with Crippen molar-refractivity contribution < 1.29 is 14.3 Å². The van der Waals surface area contributed by atoms with Gasteiger partial charge in [0.2, 0.25) is 0 Å². The Morgan fingerprint density at radius 1 is 1.26 bits per heavy atom. The molecular formula is C23H25IO3. The maximum Gasteiger partial charge on any atom is 0.309 e. The van der Waals surface area contributed by atoms with Crippen LogP contribution < -0.4 is 4.74 Å². The number of benzene rings is 2. The number of carbonyl (C=O) groups excluding carboxylic acids is 1. The highest BCUT2D eigenvalue weighted by Crippen LogP contribution is 2.49. The molecule has 1 fully saturated rings. The van der Waals surface area contributed by atoms with E-state index >= 15 is 0 Å². The van der Waals surface area contributed by atoms with Crippen LogP contribution in [0.25, 0.3) is 0 Å². The summed E-state index contributed by atoms with van der Waals surface area (Å²) >= 11 is 2.37. The van der Waals surface area contributed by atoms with Crippen LogP contribution in [0.4, 0.5) is 0 Å². The lowest BCUT2D eigenvalue weighted by Crippen LogP contribution is -2.22. The molecule has 3 atom stereocenters. The van der Waals surface area contributed by atoms with Gasteiger partial charge in [0.05, 0.1) is 12.5 Å². The molecular weight excluding hydrogens is 451 g/mol. The number of ether oxygens (including phenoxy) is 2. The van der Waals surface area contributed by atoms with E-state index in [1.54, 1.807) is 0 Å². The van der Waals surface area contributed by atoms with E-state index in [2.05, 4.69) is 66.8 Å². The first-order valence-electron chi connectivity index (χ1n) is 9.67. The van der Waals surface area contributed by atoms with Crippen LogP contribution in [0.15, 0.2) is 30.3 Å². The molecule has 4 rings (SSSR count). The van der Waals surface area contributed by atoms with E-state index in [1.165, 1.54) is 25.8 Å². The number of rotatable bonds is 4. The monoisotopic (exact) mass is 476 g/mol. The van der Waals surface area contributed by atoms with Crippen LogP contribution in [-0.2, 0) is 22.4 Å². The minimum atomic E-state index is -0.103. The van der Waals surface area contributed by atoms with Crippen LogP contribution in [0.1, 0.15) is 47.3 Å². The molecule has 1 heterocycles. The lowest BCUT2D eigenvalue weighted by molar-refractivity contribution is -0.144. The summed E-state index contributed by atoms with van der Waals surface area (Å²) in [6.45, 7) is 6.90. The number of aryl methyl sites for hydroxylation is 1. The third-order valence-corrected chi connectivity index (χ3v) is 7.22. The Morgan fingerprint density at radius 3 is 2.81 bits per heavy atom. The molecule has 1 aliphatic heterocycles. The molecule has 142 valence electrons. The van der Waals surface area contributed by atoms with E-state index < -0.39 is 0 Å². The summed E-state index contributed by atoms with van der Waals surface area (Å²) in [6, 6.07) is 10.6. The maximum absolute atomic E-state index is 12.1. The summed E-state index contributed by atoms with van der Waals surface area (Å²) in [4.78, 5) is 12.1. The topological polar surface area (TPSA) is 35.5 Å². The Kier molecular flexibility index (Phi) is 5.19. The van der Waals surface area contributed by atoms with Crippen LogP contribution >= 0.6 is 22.6 Å². The van der Waals surface area contributed by atoms with Crippen molar-refractivity contribution in [3.8, 4) is 5.75 Å². The summed E-state index contributed by atoms with van der Waals surface area (Å²) in [6.07, 6.45) is 2.82. The Balaban J connectivity index is 1.59. The zero-order chi connectivity index (χ0) is 19.1. The number of hydrogen-bond acceptors (Lipinski definition) is 3. The first-order chi connectivity index (χ1) is 13.0. The van der Waals surface area contributed by atoms with Crippen molar-refractivity contribution in [2.24, 2.45) is 11.8 Å². The molecule has 0 amide bonds. The maximum atomic E-state index is 12.1. The van der Waals surface area contributed by atoms with Gasteiger partial charge in [-0.3, -0.25) is 4.79 Å². The molecule has 2 aromatic carbocycles. The number of fused-ring (bicyclic) bond motifs is 3. The van der Waals surface area contributed by atoms with Crippen LogP contribution in [0.5, 0.6) is 5.75 Å². The molecule has 3 nitrogen and oxygen atoms in total. The second-order valence-corrected chi connectivity index (χ2v) is 8.91. The van der Waals surface area contributed by atoms with Crippen LogP contribution in [0.2, 0.25) is 0 Å². The standard InChI is InChI=1S/C23H25IO3/c1-13-12-20(26-11-10-16-6-4-5-7-19(16)24)15(3)21-17(13)8-9-18-14(2)23(25)27-22(18)21/h4-7,12,14,18,22H,8-11H2,1-3H3/t14?,18-,22?/m0/s1. The van der Waals surface area contributed by atoms with Crippen molar-refractivity contribution in [1.82, 2.24) is 0 Å². The van der Waals surface area contributed by atoms with Gasteiger partial charge < -0.3 is 9.47 Å². The number of hydrogen-bond donors (Lipinski definition) is 0. The second-order valence-electron chi connectivity index (χ2n) is 7.75. The van der Waals surface area contributed by atoms with Gasteiger partial charge in [0, 0.05) is 21.5 Å². The fourth-order valence-corrected chi connectivity index (χ4v) is 5.20. The lowest BCUT2D eigenvalue weighted by atomic mass is 9.74. The lowest BCUT2D eigenvalue weighted by Gasteiger charge is -2.31. The second kappa shape index (κ2) is 7.46. The van der Waals surface area contributed by atoms with Gasteiger partial charge in [-0.2, -0.15) is 0 Å². The van der Waals surface area contributed by atoms with Gasteiger partial charge in [0.15, 0.2) is 0 Å². The van der Waals surface area contributed by atoms with Crippen LogP contribution in [0, 0.1) is 29.3 Å². The molecule has 0 aromatic heterocycles. The van der Waals surface area contributed by atoms with E-state index in [0.29, 0.717) is 12.5 Å². The van der Waals surface area contributed by atoms with Gasteiger partial charge in [0.25, 0.3) is 0 Å². The third-order valence-electron chi connectivity index (χ3n) is 6.17. The molecule has 0 spiro atoms. The van der Waals surface area contributed by atoms with E-state index in [0.717, 1.165) is 30.6 Å². The van der Waals surface area contributed by atoms with E-state index in [-0.39, 0.29) is 18.0 Å². The summed E-state index contributed by atoms with van der Waals surface area (Å²) in [5, 5.41) is 0. The molecule has 4 heteroatoms. The van der Waals surface area contributed by atoms with Crippen LogP contribution in [-0.4, -0.2) is 12.6 Å². The number of esters is 1. The quantitative estimate of drug-likeness (QED) is 0.443. The molecule has 0 bridgehead atoms. The van der Waals surface area contributed by atoms with Crippen molar-refractivity contribution in [1.29, 1.82) is 0 Å². The number of carbonyl (C=O) groups is 1. The minimum absolute atomic E-state index is 0.00686. The third kappa shape index (κ3) is 3.37. The summed E-state index contributed by atoms with van der Waals surface area (Å²) in [7, 11) is 0. The molecule has 27 heavy (non-hydrogen) atoms. The fourth-order valence-electron chi connectivity index (χ4n) is 4.54. The highest BCUT2D eigenvalue weighted by molar-refractivity contribution is 14.1. The minimum Gasteiger partial charge on any atom is -0.493 e. The van der Waals surface area contributed by atoms with Crippen LogP contribution in [0.3, 0.4) is 0 Å². The van der Waals surface area contributed by atoms with Crippen molar-refractivity contribution in [2.75, 3.05) is 6.61 Å². The average Bonchev–Trinajstić information content (AvgIpc) is 2.94. The molecule has 0 N–H and O–H groups in total. The van der Waals surface area contributed by atoms with Crippen molar-refractivity contribution in [2.45, 2.75) is 46.1 Å². The van der Waals surface area contributed by atoms with Gasteiger partial charge in [-0.25, -0.2) is 0 Å². The molecule has 2 unspecified atom stereocenters. The average molecular weight is 476 g/mol. The zero-order valence-corrected chi connectivity index (χ0v) is 18.2. The van der Waals surface area contributed by atoms with Crippen molar-refractivity contribution in [3.05, 3.63) is 61.7 Å². The molecule has 2 aromatic rings. The number of halogens is 1. The van der Waals surface area contributed by atoms with Gasteiger partial charge >= 0.3 is 5.97 Å². The first-order valence-corrected chi connectivity index (χ1v) is 10.7. The Bertz CT molecular complexity index is 889. The van der Waals surface area contributed by atoms with Gasteiger partial charge in [0.1, 0.15) is 11.9 Å². The van der Waals surface area contributed by atoms with Crippen molar-refractivity contribution >= 4 is 28.6 Å². The fraction of sp³-hybridized carbons (Fsp3) is 0.435. The smallest absolute Gasteiger partial charge is 0.309 e. The molecule has 2 aliphatic rings. The Morgan fingerprint density at radius 2 is 2.04 bits per heavy atom. The van der Waals surface area contributed by atoms with Gasteiger partial charge in [-0.1, -0.05) is 25.1 Å². The largest absolute Gasteiger partial charge is 0.493 e. The Labute approximate surface area is 174 Å². The Hall–Kier alpha value is -1.56. The van der Waals surface area contributed by atoms with Crippen molar-refractivity contribution in [3.63, 3.8) is 0 Å². The molecule has 0 saturated carbocycles. The highest BCUT2D eigenvalue weighted by atomic mass is 127. The first kappa shape index (κ1) is 18.8. The predicted molar refractivity (Wildman–Crippen MR) is 114 cm³/mol. The zero-order valence-electron chi connectivity index (χ0n) is 16.0. The summed E-state index contributed by atoms with van der Waals surface area (Å²) < 4.78 is 13.3. The van der Waals surface area contributed by atoms with E-state index in [1.807, 2.05) is 6.92 Å². The molecule has 1 saturated heterocycles. The van der Waals surface area contributed by atoms with E-state index in [9.17, 15) is 4.79 Å². The molecule has 1 aliphatic carbocycles. The van der Waals surface area contributed by atoms with E-state index in [4.69, 9.17) is 9.47 Å². The SMILES string of the molecule is Cc1cc(OCCc2ccccc2I)c(C)c2c1CC[C@H]1C(C)C(=O)OC21. The van der Waals surface area contributed by atoms with Gasteiger partial charge in [-0.05, 0) is 83.7 Å².